The van der Waals surface area contributed by atoms with Crippen molar-refractivity contribution in [2.45, 2.75) is 19.2 Å². The number of ether oxygens (including phenoxy) is 1. The quantitative estimate of drug-likeness (QED) is 0.735. The topological polar surface area (TPSA) is 27.1 Å². The molecule has 0 saturated heterocycles. The zero-order chi connectivity index (χ0) is 11.6. The van der Waals surface area contributed by atoms with Crippen molar-refractivity contribution in [2.75, 3.05) is 6.67 Å². The second-order valence-corrected chi connectivity index (χ2v) is 2.98. The van der Waals surface area contributed by atoms with E-state index in [1.807, 2.05) is 6.07 Å². The Balaban J connectivity index is 2.87. The van der Waals surface area contributed by atoms with E-state index in [2.05, 4.69) is 5.10 Å². The van der Waals surface area contributed by atoms with E-state index in [0.29, 0.717) is 0 Å². The van der Waals surface area contributed by atoms with Crippen LogP contribution in [0, 0.1) is 6.07 Å². The molecule has 0 bridgehead atoms. The molecular weight excluding hydrogens is 216 g/mol. The van der Waals surface area contributed by atoms with Crippen LogP contribution in [0.25, 0.3) is 0 Å². The highest BCUT2D eigenvalue weighted by Gasteiger charge is 2.35. The van der Waals surface area contributed by atoms with Crippen LogP contribution in [0.3, 0.4) is 0 Å². The SMILES string of the molecule is CC(CF)Oc1[c]c(C(F)(F)F)nn1C. The van der Waals surface area contributed by atoms with E-state index in [1.165, 1.54) is 14.0 Å². The fraction of sp³-hybridized carbons (Fsp3) is 0.625. The molecule has 0 fully saturated rings. The Morgan fingerprint density at radius 3 is 2.53 bits per heavy atom. The minimum atomic E-state index is -4.57. The average molecular weight is 225 g/mol. The third kappa shape index (κ3) is 2.84. The smallest absolute Gasteiger partial charge is 0.435 e. The molecule has 0 aromatic carbocycles. The van der Waals surface area contributed by atoms with Crippen LogP contribution < -0.4 is 4.74 Å². The van der Waals surface area contributed by atoms with E-state index in [1.54, 1.807) is 0 Å². The van der Waals surface area contributed by atoms with E-state index in [-0.39, 0.29) is 5.88 Å². The Labute approximate surface area is 83.6 Å². The van der Waals surface area contributed by atoms with E-state index >= 15 is 0 Å². The highest BCUT2D eigenvalue weighted by molar-refractivity contribution is 5.16. The van der Waals surface area contributed by atoms with Gasteiger partial charge in [0.25, 0.3) is 0 Å². The summed E-state index contributed by atoms with van der Waals surface area (Å²) in [4.78, 5) is 0. The zero-order valence-corrected chi connectivity index (χ0v) is 8.10. The van der Waals surface area contributed by atoms with Crippen LogP contribution in [-0.2, 0) is 13.2 Å². The molecule has 3 nitrogen and oxygen atoms in total. The summed E-state index contributed by atoms with van der Waals surface area (Å²) in [5.41, 5.74) is -1.17. The number of aryl methyl sites for hydroxylation is 1. The number of hydrogen-bond donors (Lipinski definition) is 0. The molecule has 1 aromatic rings. The van der Waals surface area contributed by atoms with Crippen LogP contribution in [0.1, 0.15) is 12.6 Å². The highest BCUT2D eigenvalue weighted by atomic mass is 19.4. The van der Waals surface area contributed by atoms with Gasteiger partial charge in [0.15, 0.2) is 5.69 Å². The van der Waals surface area contributed by atoms with Crippen molar-refractivity contribution >= 4 is 0 Å². The third-order valence-corrected chi connectivity index (χ3v) is 1.57. The molecule has 1 atom stereocenters. The van der Waals surface area contributed by atoms with Crippen molar-refractivity contribution in [1.82, 2.24) is 9.78 Å². The van der Waals surface area contributed by atoms with Crippen molar-refractivity contribution in [3.8, 4) is 5.88 Å². The van der Waals surface area contributed by atoms with Gasteiger partial charge in [-0.1, -0.05) is 0 Å². The molecule has 0 spiro atoms. The van der Waals surface area contributed by atoms with E-state index < -0.39 is 24.6 Å². The summed E-state index contributed by atoms with van der Waals surface area (Å²) in [6.07, 6.45) is -5.39. The summed E-state index contributed by atoms with van der Waals surface area (Å²) in [7, 11) is 1.27. The molecule has 0 aliphatic heterocycles. The monoisotopic (exact) mass is 225 g/mol. The lowest BCUT2D eigenvalue weighted by molar-refractivity contribution is -0.141. The van der Waals surface area contributed by atoms with Crippen molar-refractivity contribution in [3.05, 3.63) is 11.8 Å². The molecule has 1 radical (unpaired) electrons. The highest BCUT2D eigenvalue weighted by Crippen LogP contribution is 2.29. The molecule has 7 heteroatoms. The predicted molar refractivity (Wildman–Crippen MR) is 43.1 cm³/mol. The Hall–Kier alpha value is -1.27. The normalized spacial score (nSPS) is 14.0. The molecular formula is C8H9F4N2O. The minimum absolute atomic E-state index is 0.229. The van der Waals surface area contributed by atoms with Crippen LogP contribution in [0.5, 0.6) is 5.88 Å². The summed E-state index contributed by atoms with van der Waals surface area (Å²) in [6, 6.07) is 1.92. The maximum atomic E-state index is 12.2. The number of rotatable bonds is 3. The lowest BCUT2D eigenvalue weighted by atomic mass is 10.4. The lowest BCUT2D eigenvalue weighted by Gasteiger charge is -2.09. The number of aromatic nitrogens is 2. The summed E-state index contributed by atoms with van der Waals surface area (Å²) in [6.45, 7) is 0.606. The zero-order valence-electron chi connectivity index (χ0n) is 8.10. The first kappa shape index (κ1) is 11.8. The van der Waals surface area contributed by atoms with Crippen LogP contribution in [0.15, 0.2) is 0 Å². The molecule has 0 saturated carbocycles. The molecule has 0 aliphatic carbocycles. The van der Waals surface area contributed by atoms with E-state index in [4.69, 9.17) is 4.74 Å². The Morgan fingerprint density at radius 2 is 2.13 bits per heavy atom. The molecule has 0 amide bonds. The molecule has 85 valence electrons. The van der Waals surface area contributed by atoms with Crippen LogP contribution in [0.2, 0.25) is 0 Å². The summed E-state index contributed by atoms with van der Waals surface area (Å²) >= 11 is 0. The lowest BCUT2D eigenvalue weighted by Crippen LogP contribution is -2.15. The Kier molecular flexibility index (Phi) is 3.21. The number of halogens is 4. The van der Waals surface area contributed by atoms with Gasteiger partial charge >= 0.3 is 6.18 Å². The predicted octanol–water partition coefficient (Wildman–Crippen LogP) is 1.98. The summed E-state index contributed by atoms with van der Waals surface area (Å²) in [5, 5.41) is 3.16. The largest absolute Gasteiger partial charge is 0.472 e. The molecule has 1 unspecified atom stereocenters. The van der Waals surface area contributed by atoms with Gasteiger partial charge in [0.1, 0.15) is 12.8 Å². The van der Waals surface area contributed by atoms with Gasteiger partial charge < -0.3 is 4.74 Å². The van der Waals surface area contributed by atoms with Crippen LogP contribution in [-0.4, -0.2) is 22.6 Å². The van der Waals surface area contributed by atoms with Gasteiger partial charge in [-0.25, -0.2) is 9.07 Å². The Morgan fingerprint density at radius 1 is 1.53 bits per heavy atom. The first-order chi connectivity index (χ1) is 6.84. The molecule has 0 aliphatic rings. The van der Waals surface area contributed by atoms with Crippen molar-refractivity contribution in [3.63, 3.8) is 0 Å². The molecule has 1 rings (SSSR count). The van der Waals surface area contributed by atoms with Gasteiger partial charge in [-0.2, -0.15) is 18.3 Å². The van der Waals surface area contributed by atoms with Crippen molar-refractivity contribution in [1.29, 1.82) is 0 Å². The fourth-order valence-corrected chi connectivity index (χ4v) is 0.858. The second kappa shape index (κ2) is 4.08. The van der Waals surface area contributed by atoms with Crippen LogP contribution in [0.4, 0.5) is 17.6 Å². The maximum Gasteiger partial charge on any atom is 0.435 e. The Bertz CT molecular complexity index is 334. The molecule has 1 aromatic heterocycles. The number of alkyl halides is 4. The van der Waals surface area contributed by atoms with Gasteiger partial charge in [-0.15, -0.1) is 0 Å². The third-order valence-electron chi connectivity index (χ3n) is 1.57. The first-order valence-corrected chi connectivity index (χ1v) is 4.10. The molecule has 1 heterocycles. The van der Waals surface area contributed by atoms with Gasteiger partial charge in [-0.05, 0) is 6.92 Å². The number of hydrogen-bond acceptors (Lipinski definition) is 2. The average Bonchev–Trinajstić information content (AvgIpc) is 2.47. The van der Waals surface area contributed by atoms with Gasteiger partial charge in [0.05, 0.1) is 6.07 Å². The molecule has 0 N–H and O–H groups in total. The van der Waals surface area contributed by atoms with E-state index in [0.717, 1.165) is 4.68 Å². The van der Waals surface area contributed by atoms with Crippen molar-refractivity contribution in [2.24, 2.45) is 7.05 Å². The standard InChI is InChI=1S/C8H9F4N2O/c1-5(4-9)15-7-3-6(8(10,11)12)13-14(7)2/h5H,4H2,1-2H3. The number of nitrogens with zero attached hydrogens (tertiary/aromatic N) is 2. The summed E-state index contributed by atoms with van der Waals surface area (Å²) in [5.74, 6) is -0.229. The van der Waals surface area contributed by atoms with Gasteiger partial charge in [0, 0.05) is 7.05 Å². The summed E-state index contributed by atoms with van der Waals surface area (Å²) < 4.78 is 54.3. The first-order valence-electron chi connectivity index (χ1n) is 4.10. The van der Waals surface area contributed by atoms with Crippen LogP contribution >= 0.6 is 0 Å². The van der Waals surface area contributed by atoms with Gasteiger partial charge in [0.2, 0.25) is 5.88 Å². The molecule has 15 heavy (non-hydrogen) atoms. The minimum Gasteiger partial charge on any atom is -0.472 e. The van der Waals surface area contributed by atoms with E-state index in [9.17, 15) is 17.6 Å². The maximum absolute atomic E-state index is 12.2. The second-order valence-electron chi connectivity index (χ2n) is 2.98. The van der Waals surface area contributed by atoms with Crippen molar-refractivity contribution < 1.29 is 22.3 Å². The fourth-order valence-electron chi connectivity index (χ4n) is 0.858. The van der Waals surface area contributed by atoms with Gasteiger partial charge in [-0.3, -0.25) is 0 Å².